The molecule has 2 N–H and O–H groups in total. The van der Waals surface area contributed by atoms with Gasteiger partial charge in [0.1, 0.15) is 0 Å². The van der Waals surface area contributed by atoms with Crippen LogP contribution in [0.2, 0.25) is 0 Å². The highest BCUT2D eigenvalue weighted by Gasteiger charge is 2.37. The summed E-state index contributed by atoms with van der Waals surface area (Å²) in [7, 11) is -3.27. The topological polar surface area (TPSA) is 66.4 Å². The molecular weight excluding hydrogens is 178 g/mol. The van der Waals surface area contributed by atoms with Gasteiger partial charge in [-0.1, -0.05) is 0 Å². The summed E-state index contributed by atoms with van der Waals surface area (Å²) < 4.78 is 24.1. The Balaban J connectivity index is 4.67. The monoisotopic (exact) mass is 195 g/mol. The van der Waals surface area contributed by atoms with Crippen LogP contribution in [0.1, 0.15) is 27.7 Å². The summed E-state index contributed by atoms with van der Waals surface area (Å²) in [6.07, 6.45) is 1.07. The van der Waals surface area contributed by atoms with E-state index in [2.05, 4.69) is 4.72 Å². The minimum atomic E-state index is -3.27. The zero-order valence-corrected chi connectivity index (χ0v) is 8.99. The largest absolute Gasteiger partial charge is 0.389 e. The maximum Gasteiger partial charge on any atom is 0.209 e. The maximum absolute atomic E-state index is 10.9. The smallest absolute Gasteiger partial charge is 0.209 e. The highest BCUT2D eigenvalue weighted by atomic mass is 32.2. The fraction of sp³-hybridized carbons (Fsp3) is 1.00. The molecule has 0 atom stereocenters. The fourth-order valence-corrected chi connectivity index (χ4v) is 1.77. The van der Waals surface area contributed by atoms with Crippen LogP contribution in [-0.2, 0) is 10.0 Å². The van der Waals surface area contributed by atoms with E-state index in [4.69, 9.17) is 0 Å². The summed E-state index contributed by atoms with van der Waals surface area (Å²) in [5, 5.41) is 9.58. The highest BCUT2D eigenvalue weighted by Crippen LogP contribution is 2.20. The standard InChI is InChI=1S/C7H17NO3S/c1-6(2,7(3,4)9)8-12(5,10)11/h8-9H,1-5H3. The number of rotatable bonds is 3. The first kappa shape index (κ1) is 11.9. The van der Waals surface area contributed by atoms with Gasteiger partial charge in [0.2, 0.25) is 10.0 Å². The Hall–Kier alpha value is -0.130. The molecule has 4 nitrogen and oxygen atoms in total. The van der Waals surface area contributed by atoms with Gasteiger partial charge in [-0.15, -0.1) is 0 Å². The molecule has 0 fully saturated rings. The molecule has 5 heteroatoms. The van der Waals surface area contributed by atoms with Crippen LogP contribution in [0.25, 0.3) is 0 Å². The van der Waals surface area contributed by atoms with Gasteiger partial charge in [-0.3, -0.25) is 0 Å². The molecule has 0 rings (SSSR count). The van der Waals surface area contributed by atoms with Crippen LogP contribution < -0.4 is 4.72 Å². The zero-order chi connectivity index (χ0) is 10.2. The van der Waals surface area contributed by atoms with Crippen molar-refractivity contribution in [1.29, 1.82) is 0 Å². The van der Waals surface area contributed by atoms with Crippen molar-refractivity contribution in [2.24, 2.45) is 0 Å². The van der Waals surface area contributed by atoms with E-state index in [0.717, 1.165) is 6.26 Å². The van der Waals surface area contributed by atoms with Crippen molar-refractivity contribution >= 4 is 10.0 Å². The van der Waals surface area contributed by atoms with Gasteiger partial charge in [-0.25, -0.2) is 13.1 Å². The summed E-state index contributed by atoms with van der Waals surface area (Å²) in [5.74, 6) is 0. The summed E-state index contributed by atoms with van der Waals surface area (Å²) in [5.41, 5.74) is -1.95. The Kier molecular flexibility index (Phi) is 2.94. The quantitative estimate of drug-likeness (QED) is 0.670. The van der Waals surface area contributed by atoms with Gasteiger partial charge < -0.3 is 5.11 Å². The number of nitrogens with one attached hydrogen (secondary N) is 1. The van der Waals surface area contributed by atoms with Crippen LogP contribution in [0, 0.1) is 0 Å². The number of hydrogen-bond acceptors (Lipinski definition) is 3. The van der Waals surface area contributed by atoms with Crippen molar-refractivity contribution in [3.63, 3.8) is 0 Å². The van der Waals surface area contributed by atoms with Crippen molar-refractivity contribution in [3.8, 4) is 0 Å². The molecule has 0 saturated carbocycles. The lowest BCUT2D eigenvalue weighted by Gasteiger charge is -2.37. The molecule has 0 aromatic rings. The predicted octanol–water partition coefficient (Wildman–Crippen LogP) is 0.0851. The third-order valence-corrected chi connectivity index (χ3v) is 2.85. The van der Waals surface area contributed by atoms with Gasteiger partial charge in [-0.05, 0) is 27.7 Å². The van der Waals surface area contributed by atoms with Gasteiger partial charge in [0, 0.05) is 0 Å². The molecule has 0 unspecified atom stereocenters. The van der Waals surface area contributed by atoms with Crippen LogP contribution in [0.4, 0.5) is 0 Å². The molecule has 0 bridgehead atoms. The van der Waals surface area contributed by atoms with Gasteiger partial charge in [0.25, 0.3) is 0 Å². The maximum atomic E-state index is 10.9. The van der Waals surface area contributed by atoms with E-state index in [0.29, 0.717) is 0 Å². The fourth-order valence-electron chi connectivity index (χ4n) is 0.588. The van der Waals surface area contributed by atoms with Crippen LogP contribution in [-0.4, -0.2) is 30.9 Å². The minimum Gasteiger partial charge on any atom is -0.389 e. The zero-order valence-electron chi connectivity index (χ0n) is 8.17. The Morgan fingerprint density at radius 3 is 1.58 bits per heavy atom. The molecule has 0 radical (unpaired) electrons. The molecule has 0 spiro atoms. The number of hydrogen-bond donors (Lipinski definition) is 2. The lowest BCUT2D eigenvalue weighted by molar-refractivity contribution is 0.00647. The minimum absolute atomic E-state index is 0.861. The average molecular weight is 195 g/mol. The molecule has 0 heterocycles. The Bertz CT molecular complexity index is 248. The second-order valence-electron chi connectivity index (χ2n) is 4.06. The second kappa shape index (κ2) is 2.97. The van der Waals surface area contributed by atoms with Crippen molar-refractivity contribution in [2.75, 3.05) is 6.26 Å². The Labute approximate surface area is 74.0 Å². The van der Waals surface area contributed by atoms with Crippen LogP contribution in [0.5, 0.6) is 0 Å². The van der Waals surface area contributed by atoms with Gasteiger partial charge in [0.15, 0.2) is 0 Å². The van der Waals surface area contributed by atoms with Crippen molar-refractivity contribution < 1.29 is 13.5 Å². The van der Waals surface area contributed by atoms with E-state index >= 15 is 0 Å². The average Bonchev–Trinajstić information content (AvgIpc) is 1.52. The third-order valence-electron chi connectivity index (χ3n) is 1.97. The summed E-state index contributed by atoms with van der Waals surface area (Å²) >= 11 is 0. The lowest BCUT2D eigenvalue weighted by Crippen LogP contribution is -2.57. The number of sulfonamides is 1. The molecule has 0 aliphatic heterocycles. The number of aliphatic hydroxyl groups is 1. The van der Waals surface area contributed by atoms with Crippen molar-refractivity contribution in [2.45, 2.75) is 38.8 Å². The molecule has 0 amide bonds. The van der Waals surface area contributed by atoms with Crippen LogP contribution >= 0.6 is 0 Å². The first-order valence-electron chi connectivity index (χ1n) is 3.67. The predicted molar refractivity (Wildman–Crippen MR) is 48.4 cm³/mol. The van der Waals surface area contributed by atoms with Crippen LogP contribution in [0.3, 0.4) is 0 Å². The van der Waals surface area contributed by atoms with E-state index in [-0.39, 0.29) is 0 Å². The lowest BCUT2D eigenvalue weighted by atomic mass is 9.87. The molecule has 0 aliphatic rings. The van der Waals surface area contributed by atoms with Gasteiger partial charge >= 0.3 is 0 Å². The molecule has 0 aliphatic carbocycles. The molecular formula is C7H17NO3S. The third kappa shape index (κ3) is 3.51. The highest BCUT2D eigenvalue weighted by molar-refractivity contribution is 7.88. The molecule has 0 saturated heterocycles. The van der Waals surface area contributed by atoms with E-state index < -0.39 is 21.2 Å². The summed E-state index contributed by atoms with van der Waals surface area (Å²) in [4.78, 5) is 0. The Morgan fingerprint density at radius 2 is 1.50 bits per heavy atom. The SMILES string of the molecule is CC(C)(O)C(C)(C)NS(C)(=O)=O. The summed E-state index contributed by atoms with van der Waals surface area (Å²) in [6, 6.07) is 0. The Morgan fingerprint density at radius 1 is 1.17 bits per heavy atom. The second-order valence-corrected chi connectivity index (χ2v) is 5.81. The van der Waals surface area contributed by atoms with E-state index in [9.17, 15) is 13.5 Å². The van der Waals surface area contributed by atoms with Gasteiger partial charge in [-0.2, -0.15) is 0 Å². The van der Waals surface area contributed by atoms with E-state index in [1.165, 1.54) is 0 Å². The van der Waals surface area contributed by atoms with E-state index in [1.54, 1.807) is 27.7 Å². The molecule has 74 valence electrons. The molecule has 0 aromatic heterocycles. The molecule has 0 aromatic carbocycles. The first-order valence-corrected chi connectivity index (χ1v) is 5.56. The van der Waals surface area contributed by atoms with Crippen molar-refractivity contribution in [3.05, 3.63) is 0 Å². The molecule has 12 heavy (non-hydrogen) atoms. The summed E-state index contributed by atoms with van der Waals surface area (Å²) in [6.45, 7) is 6.39. The first-order chi connectivity index (χ1) is 4.96. The van der Waals surface area contributed by atoms with E-state index in [1.807, 2.05) is 0 Å². The normalized spacial score (nSPS) is 14.8. The van der Waals surface area contributed by atoms with Gasteiger partial charge in [0.05, 0.1) is 17.4 Å². The van der Waals surface area contributed by atoms with Crippen LogP contribution in [0.15, 0.2) is 0 Å². The van der Waals surface area contributed by atoms with Crippen molar-refractivity contribution in [1.82, 2.24) is 4.72 Å².